The fourth-order valence-electron chi connectivity index (χ4n) is 5.91. The topological polar surface area (TPSA) is 100 Å². The molecule has 0 aromatic heterocycles. The Morgan fingerprint density at radius 2 is 1.51 bits per heavy atom. The smallest absolute Gasteiger partial charge is 0.257 e. The third-order valence-electron chi connectivity index (χ3n) is 8.73. The first-order valence-corrected chi connectivity index (χ1v) is 16.0. The largest absolute Gasteiger partial charge is 0.486 e. The fraction of sp³-hybridized carbons (Fsp3) is 0.552. The van der Waals surface area contributed by atoms with Gasteiger partial charge in [0.1, 0.15) is 13.2 Å². The standard InChI is InChI=1S/C29H36F2N4O5S/c1-2-41(37,38)33-20-3-4-22(23(17-20)34-11-7-28(5-6-28)8-12-34)27(36)32-21-18-24(26-25(19-21)39-15-16-40-26)35-13-9-29(30,31)10-14-35/h3-4,17-19,33H,2,5-16H2,1H3,(H,32,36). The van der Waals surface area contributed by atoms with E-state index in [0.717, 1.165) is 25.9 Å². The van der Waals surface area contributed by atoms with Crippen LogP contribution in [-0.4, -0.2) is 65.4 Å². The number of alkyl halides is 2. The van der Waals surface area contributed by atoms with Gasteiger partial charge >= 0.3 is 0 Å². The summed E-state index contributed by atoms with van der Waals surface area (Å²) in [4.78, 5) is 17.8. The zero-order valence-electron chi connectivity index (χ0n) is 23.2. The molecule has 2 aromatic carbocycles. The highest BCUT2D eigenvalue weighted by Gasteiger charge is 2.44. The summed E-state index contributed by atoms with van der Waals surface area (Å²) in [7, 11) is -3.49. The molecule has 0 unspecified atom stereocenters. The maximum atomic E-state index is 13.9. The first-order chi connectivity index (χ1) is 19.6. The predicted molar refractivity (Wildman–Crippen MR) is 154 cm³/mol. The SMILES string of the molecule is CCS(=O)(=O)Nc1ccc(C(=O)Nc2cc3c(c(N4CCC(F)(F)CC4)c2)OCCO3)c(N2CCC3(CC2)CC3)c1. The quantitative estimate of drug-likeness (QED) is 0.464. The van der Waals surface area contributed by atoms with Gasteiger partial charge in [-0.15, -0.1) is 0 Å². The molecule has 6 rings (SSSR count). The van der Waals surface area contributed by atoms with Crippen molar-refractivity contribution < 1.29 is 31.5 Å². The molecule has 1 amide bonds. The van der Waals surface area contributed by atoms with Gasteiger partial charge in [-0.3, -0.25) is 9.52 Å². The molecule has 2 saturated heterocycles. The van der Waals surface area contributed by atoms with E-state index >= 15 is 0 Å². The van der Waals surface area contributed by atoms with Gasteiger partial charge in [0.2, 0.25) is 10.0 Å². The highest BCUT2D eigenvalue weighted by atomic mass is 32.2. The normalized spacial score (nSPS) is 21.0. The number of carbonyl (C=O) groups is 1. The molecule has 1 saturated carbocycles. The van der Waals surface area contributed by atoms with Crippen molar-refractivity contribution in [3.8, 4) is 11.5 Å². The van der Waals surface area contributed by atoms with Gasteiger partial charge in [-0.25, -0.2) is 17.2 Å². The third-order valence-corrected chi connectivity index (χ3v) is 10.0. The highest BCUT2D eigenvalue weighted by molar-refractivity contribution is 7.92. The number of anilines is 4. The molecule has 3 heterocycles. The molecule has 222 valence electrons. The van der Waals surface area contributed by atoms with Gasteiger partial charge in [-0.05, 0) is 62.3 Å². The predicted octanol–water partition coefficient (Wildman–Crippen LogP) is 5.09. The molecular weight excluding hydrogens is 554 g/mol. The third kappa shape index (κ3) is 6.02. The molecule has 0 atom stereocenters. The number of piperidine rings is 2. The van der Waals surface area contributed by atoms with Crippen LogP contribution in [0.4, 0.5) is 31.5 Å². The number of ether oxygens (including phenoxy) is 2. The van der Waals surface area contributed by atoms with Gasteiger partial charge in [0.15, 0.2) is 11.5 Å². The molecule has 0 bridgehead atoms. The first-order valence-electron chi connectivity index (χ1n) is 14.3. The minimum atomic E-state index is -3.49. The molecule has 9 nitrogen and oxygen atoms in total. The van der Waals surface area contributed by atoms with Gasteiger partial charge in [-0.2, -0.15) is 0 Å². The van der Waals surface area contributed by atoms with E-state index in [9.17, 15) is 22.0 Å². The summed E-state index contributed by atoms with van der Waals surface area (Å²) < 4.78 is 66.5. The van der Waals surface area contributed by atoms with Crippen LogP contribution in [0, 0.1) is 5.41 Å². The second-order valence-electron chi connectivity index (χ2n) is 11.5. The molecule has 4 aliphatic rings. The maximum absolute atomic E-state index is 13.9. The number of rotatable bonds is 7. The van der Waals surface area contributed by atoms with E-state index in [0.29, 0.717) is 58.4 Å². The first kappa shape index (κ1) is 27.9. The van der Waals surface area contributed by atoms with Crippen LogP contribution in [-0.2, 0) is 10.0 Å². The molecule has 3 fully saturated rings. The lowest BCUT2D eigenvalue weighted by Gasteiger charge is -2.36. The Balaban J connectivity index is 1.29. The Morgan fingerprint density at radius 1 is 0.878 bits per heavy atom. The summed E-state index contributed by atoms with van der Waals surface area (Å²) in [6, 6.07) is 8.41. The molecule has 1 aliphatic carbocycles. The summed E-state index contributed by atoms with van der Waals surface area (Å²) in [5.41, 5.74) is 3.01. The van der Waals surface area contributed by atoms with Crippen LogP contribution in [0.3, 0.4) is 0 Å². The molecule has 41 heavy (non-hydrogen) atoms. The van der Waals surface area contributed by atoms with Crippen molar-refractivity contribution in [2.24, 2.45) is 5.41 Å². The molecule has 0 radical (unpaired) electrons. The molecule has 1 spiro atoms. The van der Waals surface area contributed by atoms with Crippen molar-refractivity contribution in [2.75, 3.05) is 65.0 Å². The summed E-state index contributed by atoms with van der Waals surface area (Å²) in [5.74, 6) is -2.16. The molecular formula is C29H36F2N4O5S. The molecule has 12 heteroatoms. The van der Waals surface area contributed by atoms with Gasteiger partial charge < -0.3 is 24.6 Å². The average molecular weight is 591 g/mol. The Labute approximate surface area is 239 Å². The van der Waals surface area contributed by atoms with E-state index in [1.165, 1.54) is 12.8 Å². The number of sulfonamides is 1. The Hall–Kier alpha value is -3.28. The molecule has 3 aliphatic heterocycles. The van der Waals surface area contributed by atoms with Crippen LogP contribution in [0.25, 0.3) is 0 Å². The lowest BCUT2D eigenvalue weighted by atomic mass is 9.93. The van der Waals surface area contributed by atoms with Crippen molar-refractivity contribution >= 4 is 38.7 Å². The van der Waals surface area contributed by atoms with E-state index in [1.807, 2.05) is 4.90 Å². The van der Waals surface area contributed by atoms with Crippen LogP contribution in [0.2, 0.25) is 0 Å². The van der Waals surface area contributed by atoms with Crippen LogP contribution >= 0.6 is 0 Å². The van der Waals surface area contributed by atoms with Gasteiger partial charge in [0.05, 0.1) is 28.4 Å². The highest BCUT2D eigenvalue weighted by Crippen LogP contribution is 2.54. The average Bonchev–Trinajstić information content (AvgIpc) is 3.71. The number of amides is 1. The van der Waals surface area contributed by atoms with Crippen molar-refractivity contribution in [3.05, 3.63) is 35.9 Å². The van der Waals surface area contributed by atoms with Crippen molar-refractivity contribution in [1.29, 1.82) is 0 Å². The zero-order valence-corrected chi connectivity index (χ0v) is 24.0. The fourth-order valence-corrected chi connectivity index (χ4v) is 6.55. The summed E-state index contributed by atoms with van der Waals surface area (Å²) in [6.45, 7) is 4.17. The van der Waals surface area contributed by atoms with Crippen LogP contribution in [0.1, 0.15) is 55.8 Å². The summed E-state index contributed by atoms with van der Waals surface area (Å²) >= 11 is 0. The van der Waals surface area contributed by atoms with Crippen LogP contribution < -0.4 is 29.3 Å². The van der Waals surface area contributed by atoms with E-state index in [1.54, 1.807) is 37.3 Å². The Bertz CT molecular complexity index is 1430. The van der Waals surface area contributed by atoms with Crippen molar-refractivity contribution in [3.63, 3.8) is 0 Å². The van der Waals surface area contributed by atoms with E-state index in [-0.39, 0.29) is 37.6 Å². The van der Waals surface area contributed by atoms with Crippen molar-refractivity contribution in [1.82, 2.24) is 0 Å². The Morgan fingerprint density at radius 3 is 2.20 bits per heavy atom. The number of nitrogens with one attached hydrogen (secondary N) is 2. The minimum absolute atomic E-state index is 0.0576. The summed E-state index contributed by atoms with van der Waals surface area (Å²) in [6.07, 6.45) is 4.05. The second-order valence-corrected chi connectivity index (χ2v) is 13.6. The van der Waals surface area contributed by atoms with Gasteiger partial charge in [0, 0.05) is 50.8 Å². The number of carbonyl (C=O) groups excluding carboxylic acids is 1. The monoisotopic (exact) mass is 590 g/mol. The van der Waals surface area contributed by atoms with Gasteiger partial charge in [-0.1, -0.05) is 0 Å². The number of hydrogen-bond acceptors (Lipinski definition) is 7. The van der Waals surface area contributed by atoms with Crippen LogP contribution in [0.5, 0.6) is 11.5 Å². The van der Waals surface area contributed by atoms with E-state index in [2.05, 4.69) is 14.9 Å². The minimum Gasteiger partial charge on any atom is -0.486 e. The lowest BCUT2D eigenvalue weighted by Crippen LogP contribution is -2.39. The van der Waals surface area contributed by atoms with Crippen LogP contribution in [0.15, 0.2) is 30.3 Å². The number of hydrogen-bond donors (Lipinski definition) is 2. The summed E-state index contributed by atoms with van der Waals surface area (Å²) in [5, 5.41) is 2.98. The van der Waals surface area contributed by atoms with E-state index < -0.39 is 15.9 Å². The van der Waals surface area contributed by atoms with Crippen molar-refractivity contribution in [2.45, 2.75) is 51.4 Å². The van der Waals surface area contributed by atoms with Gasteiger partial charge in [0.25, 0.3) is 11.8 Å². The second kappa shape index (κ2) is 10.5. The molecule has 2 aromatic rings. The molecule has 2 N–H and O–H groups in total. The number of fused-ring (bicyclic) bond motifs is 1. The maximum Gasteiger partial charge on any atom is 0.257 e. The zero-order chi connectivity index (χ0) is 28.8. The number of nitrogens with zero attached hydrogens (tertiary/aromatic N) is 2. The number of halogens is 2. The number of benzene rings is 2. The Kier molecular flexibility index (Phi) is 7.15. The van der Waals surface area contributed by atoms with E-state index in [4.69, 9.17) is 9.47 Å². The lowest BCUT2D eigenvalue weighted by molar-refractivity contribution is -0.0221.